The summed E-state index contributed by atoms with van der Waals surface area (Å²) in [4.78, 5) is 16.1. The fraction of sp³-hybridized carbons (Fsp3) is 0.500. The van der Waals surface area contributed by atoms with Gasteiger partial charge in [-0.05, 0) is 24.3 Å². The highest BCUT2D eigenvalue weighted by molar-refractivity contribution is 5.77. The molecule has 206 valence electrons. The number of rotatable bonds is 6. The Kier molecular flexibility index (Phi) is 7.61. The van der Waals surface area contributed by atoms with Gasteiger partial charge in [0.2, 0.25) is 6.29 Å². The van der Waals surface area contributed by atoms with Crippen LogP contribution in [-0.4, -0.2) is 115 Å². The average Bonchev–Trinajstić information content (AvgIpc) is 2.91. The van der Waals surface area contributed by atoms with Gasteiger partial charge < -0.3 is 59.1 Å². The van der Waals surface area contributed by atoms with Crippen LogP contribution in [0.1, 0.15) is 0 Å². The smallest absolute Gasteiger partial charge is 0.229 e. The molecular formula is C24H27NO13. The summed E-state index contributed by atoms with van der Waals surface area (Å²) >= 11 is 0. The van der Waals surface area contributed by atoms with E-state index in [0.29, 0.717) is 11.2 Å². The molecule has 3 aliphatic heterocycles. The van der Waals surface area contributed by atoms with E-state index in [2.05, 4.69) is 4.98 Å². The topological polar surface area (TPSA) is 222 Å². The van der Waals surface area contributed by atoms with Gasteiger partial charge in [0.15, 0.2) is 23.1 Å². The van der Waals surface area contributed by atoms with Crippen LogP contribution in [0, 0.1) is 0 Å². The quantitative estimate of drug-likeness (QED) is 0.159. The van der Waals surface area contributed by atoms with Gasteiger partial charge in [0.05, 0.1) is 13.2 Å². The Labute approximate surface area is 214 Å². The number of aromatic nitrogens is 1. The third-order valence-electron chi connectivity index (χ3n) is 6.54. The summed E-state index contributed by atoms with van der Waals surface area (Å²) in [6.45, 7) is -1.40. The number of benzene rings is 2. The van der Waals surface area contributed by atoms with E-state index in [4.69, 9.17) is 23.4 Å². The summed E-state index contributed by atoms with van der Waals surface area (Å²) < 4.78 is 27.9. The van der Waals surface area contributed by atoms with E-state index in [1.54, 1.807) is 6.07 Å². The number of hydrogen-bond acceptors (Lipinski definition) is 14. The molecule has 2 fully saturated rings. The van der Waals surface area contributed by atoms with Crippen LogP contribution in [0.3, 0.4) is 0 Å². The molecule has 0 saturated carbocycles. The molecule has 14 nitrogen and oxygen atoms in total. The summed E-state index contributed by atoms with van der Waals surface area (Å²) in [5, 5.41) is 70.8. The molecule has 14 heteroatoms. The van der Waals surface area contributed by atoms with Crippen molar-refractivity contribution in [2.75, 3.05) is 13.2 Å². The minimum Gasteiger partial charge on any atom is -0.462 e. The molecule has 0 amide bonds. The first-order valence-electron chi connectivity index (χ1n) is 11.8. The predicted octanol–water partition coefficient (Wildman–Crippen LogP) is -2.70. The number of hydrogen-bond donors (Lipinski definition) is 7. The zero-order valence-corrected chi connectivity index (χ0v) is 19.7. The molecule has 4 aliphatic rings. The fourth-order valence-electron chi connectivity index (χ4n) is 4.45. The van der Waals surface area contributed by atoms with Gasteiger partial charge in [-0.3, -0.25) is 4.79 Å². The van der Waals surface area contributed by atoms with Crippen molar-refractivity contribution in [1.82, 2.24) is 4.98 Å². The van der Waals surface area contributed by atoms with Crippen LogP contribution < -0.4 is 10.2 Å². The largest absolute Gasteiger partial charge is 0.462 e. The summed E-state index contributed by atoms with van der Waals surface area (Å²) in [5.74, 6) is 0.418. The lowest BCUT2D eigenvalue weighted by molar-refractivity contribution is -0.352. The molecule has 3 heterocycles. The SMILES string of the molecule is O=c1ccc2nc3ccc(OC4O[C@H](CO)[C@@H](O[C@@H]5O[C@H](CO)[C@@H](O)[C@H](O)[C@H]5O)[C@H](O)[C@H]4O)cc3oc-2c1. The van der Waals surface area contributed by atoms with Crippen molar-refractivity contribution in [3.8, 4) is 17.2 Å². The van der Waals surface area contributed by atoms with E-state index in [0.717, 1.165) is 0 Å². The third-order valence-corrected chi connectivity index (χ3v) is 6.54. The van der Waals surface area contributed by atoms with Crippen LogP contribution in [0.2, 0.25) is 0 Å². The average molecular weight is 537 g/mol. The van der Waals surface area contributed by atoms with E-state index in [9.17, 15) is 40.5 Å². The number of nitrogens with zero attached hydrogens (tertiary/aromatic N) is 1. The van der Waals surface area contributed by atoms with Gasteiger partial charge in [-0.2, -0.15) is 0 Å². The van der Waals surface area contributed by atoms with Crippen LogP contribution in [-0.2, 0) is 14.2 Å². The molecule has 10 atom stereocenters. The molecule has 1 aliphatic carbocycles. The summed E-state index contributed by atoms with van der Waals surface area (Å²) in [6, 6.07) is 8.75. The lowest BCUT2D eigenvalue weighted by Crippen LogP contribution is -2.65. The van der Waals surface area contributed by atoms with Gasteiger partial charge in [-0.15, -0.1) is 0 Å². The van der Waals surface area contributed by atoms with Crippen molar-refractivity contribution < 1.29 is 59.1 Å². The maximum atomic E-state index is 11.6. The van der Waals surface area contributed by atoms with E-state index in [1.165, 1.54) is 30.3 Å². The lowest BCUT2D eigenvalue weighted by atomic mass is 9.97. The Balaban J connectivity index is 1.33. The first kappa shape index (κ1) is 26.8. The number of aliphatic hydroxyl groups excluding tert-OH is 7. The second kappa shape index (κ2) is 10.8. The molecule has 0 aromatic heterocycles. The maximum absolute atomic E-state index is 11.6. The fourth-order valence-corrected chi connectivity index (χ4v) is 4.45. The summed E-state index contributed by atoms with van der Waals surface area (Å²) in [6.07, 6.45) is -15.7. The second-order valence-electron chi connectivity index (χ2n) is 9.10. The minimum atomic E-state index is -1.77. The Morgan fingerprint density at radius 2 is 1.50 bits per heavy atom. The van der Waals surface area contributed by atoms with Crippen LogP contribution >= 0.6 is 0 Å². The van der Waals surface area contributed by atoms with E-state index in [-0.39, 0.29) is 22.5 Å². The molecular weight excluding hydrogens is 510 g/mol. The highest BCUT2D eigenvalue weighted by Crippen LogP contribution is 2.32. The zero-order valence-electron chi connectivity index (χ0n) is 19.7. The Morgan fingerprint density at radius 3 is 2.24 bits per heavy atom. The molecule has 0 bridgehead atoms. The van der Waals surface area contributed by atoms with Gasteiger partial charge in [0, 0.05) is 12.1 Å². The van der Waals surface area contributed by atoms with Crippen molar-refractivity contribution in [1.29, 1.82) is 0 Å². The van der Waals surface area contributed by atoms with Gasteiger partial charge in [0.1, 0.15) is 65.8 Å². The molecule has 1 aromatic carbocycles. The van der Waals surface area contributed by atoms with Gasteiger partial charge in [-0.25, -0.2) is 4.98 Å². The highest BCUT2D eigenvalue weighted by atomic mass is 16.7. The normalized spacial score (nSPS) is 36.0. The van der Waals surface area contributed by atoms with Crippen molar-refractivity contribution >= 4 is 11.1 Å². The van der Waals surface area contributed by atoms with Gasteiger partial charge in [0.25, 0.3) is 0 Å². The van der Waals surface area contributed by atoms with Crippen molar-refractivity contribution in [2.45, 2.75) is 61.4 Å². The van der Waals surface area contributed by atoms with Crippen LogP contribution in [0.25, 0.3) is 22.6 Å². The van der Waals surface area contributed by atoms with Gasteiger partial charge in [-0.1, -0.05) is 0 Å². The summed E-state index contributed by atoms with van der Waals surface area (Å²) in [7, 11) is 0. The number of fused-ring (bicyclic) bond motifs is 2. The molecule has 38 heavy (non-hydrogen) atoms. The maximum Gasteiger partial charge on any atom is 0.229 e. The Hall–Kier alpha value is -2.76. The standard InChI is InChI=1S/C24H27NO13/c26-7-15-17(29)18(30)20(32)24(36-15)38-22-16(8-27)37-23(21(33)19(22)31)34-10-2-4-12-14(6-10)35-13-5-9(28)1-3-11(13)25-12/h1-6,15-24,26-27,29-33H,7-8H2/t15-,16-,17-,18+,19-,20-,21-,22-,23?,24+/m1/s1. The van der Waals surface area contributed by atoms with E-state index >= 15 is 0 Å². The van der Waals surface area contributed by atoms with Crippen molar-refractivity contribution in [3.05, 3.63) is 46.6 Å². The molecule has 1 aromatic rings. The first-order chi connectivity index (χ1) is 18.2. The minimum absolute atomic E-state index is 0.155. The Bertz CT molecular complexity index is 1280. The monoisotopic (exact) mass is 537 g/mol. The molecule has 0 spiro atoms. The van der Waals surface area contributed by atoms with Crippen molar-refractivity contribution in [3.63, 3.8) is 0 Å². The van der Waals surface area contributed by atoms with Crippen LogP contribution in [0.5, 0.6) is 5.75 Å². The number of ether oxygens (including phenoxy) is 4. The van der Waals surface area contributed by atoms with Crippen LogP contribution in [0.15, 0.2) is 45.6 Å². The van der Waals surface area contributed by atoms with E-state index in [1.807, 2.05) is 0 Å². The Morgan fingerprint density at radius 1 is 0.789 bits per heavy atom. The zero-order chi connectivity index (χ0) is 27.1. The highest BCUT2D eigenvalue weighted by Gasteiger charge is 2.51. The predicted molar refractivity (Wildman–Crippen MR) is 124 cm³/mol. The first-order valence-corrected chi connectivity index (χ1v) is 11.8. The third kappa shape index (κ3) is 4.99. The molecule has 5 rings (SSSR count). The van der Waals surface area contributed by atoms with Gasteiger partial charge >= 0.3 is 0 Å². The van der Waals surface area contributed by atoms with Crippen molar-refractivity contribution in [2.24, 2.45) is 0 Å². The number of aliphatic hydroxyl groups is 7. The summed E-state index contributed by atoms with van der Waals surface area (Å²) in [5.41, 5.74) is 0.970. The lowest BCUT2D eigenvalue weighted by Gasteiger charge is -2.45. The molecule has 1 unspecified atom stereocenters. The van der Waals surface area contributed by atoms with E-state index < -0.39 is 74.6 Å². The molecule has 7 N–H and O–H groups in total. The molecule has 2 saturated heterocycles. The molecule has 0 radical (unpaired) electrons. The second-order valence-corrected chi connectivity index (χ2v) is 9.10. The van der Waals surface area contributed by atoms with Crippen LogP contribution in [0.4, 0.5) is 0 Å².